The van der Waals surface area contributed by atoms with Crippen molar-refractivity contribution >= 4 is 23.2 Å². The molecule has 0 aliphatic heterocycles. The first-order valence-electron chi connectivity index (χ1n) is 4.95. The number of rotatable bonds is 1. The molecule has 84 valence electrons. The normalized spacial score (nSPS) is 10.0. The van der Waals surface area contributed by atoms with E-state index in [1.165, 1.54) is 0 Å². The lowest BCUT2D eigenvalue weighted by atomic mass is 10.1. The lowest BCUT2D eigenvalue weighted by Crippen LogP contribution is -1.92. The van der Waals surface area contributed by atoms with Crippen LogP contribution in [0, 0.1) is 18.3 Å². The van der Waals surface area contributed by atoms with Crippen molar-refractivity contribution < 1.29 is 0 Å². The predicted molar refractivity (Wildman–Crippen MR) is 69.1 cm³/mol. The van der Waals surface area contributed by atoms with Crippen LogP contribution >= 0.6 is 23.2 Å². The Hall–Kier alpha value is -1.56. The van der Waals surface area contributed by atoms with Gasteiger partial charge in [-0.05, 0) is 30.7 Å². The van der Waals surface area contributed by atoms with Crippen LogP contribution < -0.4 is 0 Å². The smallest absolute Gasteiger partial charge is 0.147 e. The van der Waals surface area contributed by atoms with E-state index in [0.717, 1.165) is 16.8 Å². The predicted octanol–water partition coefficient (Wildman–Crippen LogP) is 4.24. The van der Waals surface area contributed by atoms with Crippen LogP contribution in [0.15, 0.2) is 30.3 Å². The van der Waals surface area contributed by atoms with Gasteiger partial charge in [-0.25, -0.2) is 4.98 Å². The lowest BCUT2D eigenvalue weighted by Gasteiger charge is -2.07. The molecule has 0 aliphatic rings. The first kappa shape index (κ1) is 11.9. The molecule has 2 nitrogen and oxygen atoms in total. The molecule has 1 aromatic heterocycles. The zero-order chi connectivity index (χ0) is 12.4. The van der Waals surface area contributed by atoms with Gasteiger partial charge in [-0.3, -0.25) is 0 Å². The molecule has 4 heteroatoms. The summed E-state index contributed by atoms with van der Waals surface area (Å²) in [5.41, 5.74) is 2.92. The van der Waals surface area contributed by atoms with Gasteiger partial charge in [-0.15, -0.1) is 0 Å². The molecule has 0 atom stereocenters. The second kappa shape index (κ2) is 4.75. The number of hydrogen-bond donors (Lipinski definition) is 0. The largest absolute Gasteiger partial charge is 0.234 e. The summed E-state index contributed by atoms with van der Waals surface area (Å²) in [5.74, 6) is 0. The molecule has 0 fully saturated rings. The third-order valence-electron chi connectivity index (χ3n) is 2.39. The molecule has 17 heavy (non-hydrogen) atoms. The molecular weight excluding hydrogens is 255 g/mol. The van der Waals surface area contributed by atoms with Crippen molar-refractivity contribution in [1.29, 1.82) is 5.26 Å². The van der Waals surface area contributed by atoms with E-state index in [2.05, 4.69) is 4.98 Å². The van der Waals surface area contributed by atoms with Crippen LogP contribution in [0.5, 0.6) is 0 Å². The van der Waals surface area contributed by atoms with Crippen LogP contribution in [-0.4, -0.2) is 4.98 Å². The quantitative estimate of drug-likeness (QED) is 0.721. The standard InChI is InChI=1S/C13H8Cl2N2/c1-8-5-10(7-16)13(15)17-12(8)9-3-2-4-11(14)6-9/h2-6H,1H3. The molecule has 0 spiro atoms. The van der Waals surface area contributed by atoms with Crippen LogP contribution in [0.3, 0.4) is 0 Å². The SMILES string of the molecule is Cc1cc(C#N)c(Cl)nc1-c1cccc(Cl)c1. The number of aryl methyl sites for hydroxylation is 1. The van der Waals surface area contributed by atoms with Crippen molar-refractivity contribution in [3.8, 4) is 17.3 Å². The van der Waals surface area contributed by atoms with Gasteiger partial charge < -0.3 is 0 Å². The maximum Gasteiger partial charge on any atom is 0.147 e. The maximum atomic E-state index is 8.85. The van der Waals surface area contributed by atoms with Crippen LogP contribution in [-0.2, 0) is 0 Å². The summed E-state index contributed by atoms with van der Waals surface area (Å²) < 4.78 is 0. The van der Waals surface area contributed by atoms with Gasteiger partial charge in [-0.1, -0.05) is 35.3 Å². The minimum Gasteiger partial charge on any atom is -0.234 e. The minimum atomic E-state index is 0.216. The van der Waals surface area contributed by atoms with Crippen LogP contribution in [0.25, 0.3) is 11.3 Å². The fraction of sp³-hybridized carbons (Fsp3) is 0.0769. The van der Waals surface area contributed by atoms with Gasteiger partial charge in [0.05, 0.1) is 11.3 Å². The number of halogens is 2. The van der Waals surface area contributed by atoms with Crippen molar-refractivity contribution in [2.45, 2.75) is 6.92 Å². The fourth-order valence-electron chi connectivity index (χ4n) is 1.60. The average Bonchev–Trinajstić information content (AvgIpc) is 2.31. The molecule has 1 heterocycles. The Morgan fingerprint density at radius 2 is 2.00 bits per heavy atom. The van der Waals surface area contributed by atoms with Gasteiger partial charge in [0.1, 0.15) is 11.2 Å². The zero-order valence-corrected chi connectivity index (χ0v) is 10.5. The Morgan fingerprint density at radius 1 is 1.24 bits per heavy atom. The first-order valence-corrected chi connectivity index (χ1v) is 5.70. The molecule has 0 N–H and O–H groups in total. The zero-order valence-electron chi connectivity index (χ0n) is 9.04. The van der Waals surface area contributed by atoms with E-state index in [4.69, 9.17) is 28.5 Å². The Labute approximate surface area is 109 Å². The van der Waals surface area contributed by atoms with Gasteiger partial charge in [0.25, 0.3) is 0 Å². The molecule has 0 bridgehead atoms. The van der Waals surface area contributed by atoms with E-state index in [1.54, 1.807) is 12.1 Å². The van der Waals surface area contributed by atoms with Crippen molar-refractivity contribution in [3.05, 3.63) is 51.6 Å². The molecule has 0 saturated carbocycles. The third-order valence-corrected chi connectivity index (χ3v) is 2.91. The molecule has 0 aliphatic carbocycles. The Bertz CT molecular complexity index is 615. The number of hydrogen-bond acceptors (Lipinski definition) is 2. The number of benzene rings is 1. The lowest BCUT2D eigenvalue weighted by molar-refractivity contribution is 1.25. The van der Waals surface area contributed by atoms with Gasteiger partial charge in [0.15, 0.2) is 0 Å². The van der Waals surface area contributed by atoms with Crippen LogP contribution in [0.1, 0.15) is 11.1 Å². The summed E-state index contributed by atoms with van der Waals surface area (Å²) in [6.07, 6.45) is 0. The number of nitrogens with zero attached hydrogens (tertiary/aromatic N) is 2. The molecule has 2 rings (SSSR count). The van der Waals surface area contributed by atoms with E-state index < -0.39 is 0 Å². The fourth-order valence-corrected chi connectivity index (χ4v) is 1.97. The van der Waals surface area contributed by atoms with Crippen molar-refractivity contribution in [1.82, 2.24) is 4.98 Å². The first-order chi connectivity index (χ1) is 8.11. The highest BCUT2D eigenvalue weighted by Crippen LogP contribution is 2.27. The second-order valence-electron chi connectivity index (χ2n) is 3.61. The van der Waals surface area contributed by atoms with Crippen molar-refractivity contribution in [3.63, 3.8) is 0 Å². The molecule has 0 saturated heterocycles. The summed E-state index contributed by atoms with van der Waals surface area (Å²) in [4.78, 5) is 4.24. The highest BCUT2D eigenvalue weighted by atomic mass is 35.5. The van der Waals surface area contributed by atoms with Gasteiger partial charge >= 0.3 is 0 Å². The number of nitriles is 1. The second-order valence-corrected chi connectivity index (χ2v) is 4.41. The summed E-state index contributed by atoms with van der Waals surface area (Å²) >= 11 is 11.9. The van der Waals surface area contributed by atoms with Gasteiger partial charge in [-0.2, -0.15) is 5.26 Å². The average molecular weight is 263 g/mol. The Kier molecular flexibility index (Phi) is 3.33. The molecule has 0 unspecified atom stereocenters. The van der Waals surface area contributed by atoms with Crippen molar-refractivity contribution in [2.75, 3.05) is 0 Å². The summed E-state index contributed by atoms with van der Waals surface area (Å²) in [5, 5.41) is 9.71. The Morgan fingerprint density at radius 3 is 2.65 bits per heavy atom. The van der Waals surface area contributed by atoms with E-state index >= 15 is 0 Å². The monoisotopic (exact) mass is 262 g/mol. The van der Waals surface area contributed by atoms with E-state index in [-0.39, 0.29) is 5.15 Å². The van der Waals surface area contributed by atoms with Crippen LogP contribution in [0.2, 0.25) is 10.2 Å². The molecular formula is C13H8Cl2N2. The molecule has 1 aromatic carbocycles. The maximum absolute atomic E-state index is 8.85. The van der Waals surface area contributed by atoms with Gasteiger partial charge in [0, 0.05) is 10.6 Å². The molecule has 0 radical (unpaired) electrons. The van der Waals surface area contributed by atoms with Crippen molar-refractivity contribution in [2.24, 2.45) is 0 Å². The van der Waals surface area contributed by atoms with E-state index in [1.807, 2.05) is 31.2 Å². The topological polar surface area (TPSA) is 36.7 Å². The number of aromatic nitrogens is 1. The summed E-state index contributed by atoms with van der Waals surface area (Å²) in [6, 6.07) is 11.1. The highest BCUT2D eigenvalue weighted by Gasteiger charge is 2.09. The minimum absolute atomic E-state index is 0.216. The number of pyridine rings is 1. The summed E-state index contributed by atoms with van der Waals surface area (Å²) in [6.45, 7) is 1.89. The summed E-state index contributed by atoms with van der Waals surface area (Å²) in [7, 11) is 0. The Balaban J connectivity index is 2.61. The molecule has 2 aromatic rings. The van der Waals surface area contributed by atoms with Gasteiger partial charge in [0.2, 0.25) is 0 Å². The van der Waals surface area contributed by atoms with E-state index in [0.29, 0.717) is 10.6 Å². The van der Waals surface area contributed by atoms with E-state index in [9.17, 15) is 0 Å². The molecule has 0 amide bonds. The van der Waals surface area contributed by atoms with Crippen LogP contribution in [0.4, 0.5) is 0 Å². The third kappa shape index (κ3) is 2.41. The highest BCUT2D eigenvalue weighted by molar-refractivity contribution is 6.31.